The summed E-state index contributed by atoms with van der Waals surface area (Å²) in [5.41, 5.74) is 5.99. The molecule has 0 fully saturated rings. The molecule has 0 radical (unpaired) electrons. The van der Waals surface area contributed by atoms with E-state index < -0.39 is 42.1 Å². The Labute approximate surface area is 442 Å². The predicted molar refractivity (Wildman–Crippen MR) is 281 cm³/mol. The van der Waals surface area contributed by atoms with Crippen molar-refractivity contribution in [2.24, 2.45) is 5.10 Å². The predicted octanol–water partition coefficient (Wildman–Crippen LogP) is 4.36. The van der Waals surface area contributed by atoms with E-state index in [0.29, 0.717) is 110 Å². The first-order valence-electron chi connectivity index (χ1n) is 26.0. The fourth-order valence-electron chi connectivity index (χ4n) is 8.97. The van der Waals surface area contributed by atoms with Gasteiger partial charge in [0.15, 0.2) is 0 Å². The van der Waals surface area contributed by atoms with Crippen LogP contribution in [0.4, 0.5) is 10.5 Å². The molecule has 0 aliphatic carbocycles. The lowest BCUT2D eigenvalue weighted by molar-refractivity contribution is -0.141. The first-order valence-corrected chi connectivity index (χ1v) is 26.0. The van der Waals surface area contributed by atoms with Crippen molar-refractivity contribution in [1.82, 2.24) is 40.7 Å². The molecule has 21 nitrogen and oxygen atoms in total. The number of amides is 8. The molecule has 21 heteroatoms. The molecule has 3 aliphatic heterocycles. The quantitative estimate of drug-likeness (QED) is 0.0405. The number of carbonyl (C=O) groups excluding carboxylic acids is 7. The van der Waals surface area contributed by atoms with Crippen molar-refractivity contribution in [2.75, 3.05) is 84.9 Å². The molecule has 1 unspecified atom stereocenters. The Morgan fingerprint density at radius 1 is 0.724 bits per heavy atom. The van der Waals surface area contributed by atoms with Crippen LogP contribution in [-0.2, 0) is 60.8 Å². The molecule has 5 heterocycles. The van der Waals surface area contributed by atoms with Crippen LogP contribution >= 0.6 is 0 Å². The van der Waals surface area contributed by atoms with Crippen LogP contribution in [0.25, 0.3) is 10.9 Å². The minimum atomic E-state index is -0.944. The first-order chi connectivity index (χ1) is 37.1. The van der Waals surface area contributed by atoms with E-state index in [9.17, 15) is 33.6 Å². The molecule has 0 bridgehead atoms. The maximum Gasteiger partial charge on any atom is 0.322 e. The smallest absolute Gasteiger partial charge is 0.322 e. The second kappa shape index (κ2) is 29.6. The van der Waals surface area contributed by atoms with Gasteiger partial charge in [0.25, 0.3) is 17.7 Å². The van der Waals surface area contributed by atoms with E-state index in [-0.39, 0.29) is 37.3 Å². The van der Waals surface area contributed by atoms with Crippen LogP contribution in [-0.4, -0.2) is 158 Å². The van der Waals surface area contributed by atoms with Crippen molar-refractivity contribution in [3.63, 3.8) is 0 Å². The number of aromatic nitrogens is 2. The number of fused-ring (bicyclic) bond motifs is 2. The van der Waals surface area contributed by atoms with Crippen molar-refractivity contribution in [3.05, 3.63) is 114 Å². The summed E-state index contributed by atoms with van der Waals surface area (Å²) >= 11 is 0. The Balaban J connectivity index is 0.864. The van der Waals surface area contributed by atoms with Gasteiger partial charge in [0.2, 0.25) is 17.7 Å². The van der Waals surface area contributed by atoms with Crippen LogP contribution in [0.1, 0.15) is 86.0 Å². The van der Waals surface area contributed by atoms with E-state index in [1.165, 1.54) is 0 Å². The zero-order chi connectivity index (χ0) is 53.5. The third-order valence-corrected chi connectivity index (χ3v) is 13.1. The van der Waals surface area contributed by atoms with Crippen molar-refractivity contribution >= 4 is 63.8 Å². The minimum absolute atomic E-state index is 0.109. The lowest BCUT2D eigenvalue weighted by Gasteiger charge is -2.30. The zero-order valence-electron chi connectivity index (χ0n) is 43.0. The van der Waals surface area contributed by atoms with Gasteiger partial charge in [-0.2, -0.15) is 5.10 Å². The van der Waals surface area contributed by atoms with Gasteiger partial charge < -0.3 is 45.1 Å². The standard InChI is InChI=1S/C55H68N10O11/c1-73-28-29-75-32-33-76-31-30-74-27-21-49(66)58-22-6-4-12-47(61-50(67)38-64-51(68)18-19-52(64)69)53(70)59-23-5-2-3-7-26-65-54(71)45(43-10-8-13-46-44(43)11-9-24-57-46)34-48(62-65)39-14-16-42(17-15-39)60-55(72)63-36-40-20-25-56-35-41(40)37-63/h8-11,13-20,24-25,35,45,47H,2-7,12,21-23,26-34,36-38H2,1H3,(H,58,66)(H,59,70)(H,60,72)(H,61,67)/t45?,47-/m0/s1. The van der Waals surface area contributed by atoms with E-state index in [4.69, 9.17) is 24.0 Å². The third-order valence-electron chi connectivity index (χ3n) is 13.1. The highest BCUT2D eigenvalue weighted by atomic mass is 16.6. The molecule has 404 valence electrons. The highest BCUT2D eigenvalue weighted by Gasteiger charge is 2.34. The number of rotatable bonds is 31. The minimum Gasteiger partial charge on any atom is -0.382 e. The molecule has 8 amide bonds. The van der Waals surface area contributed by atoms with Gasteiger partial charge in [-0.1, -0.05) is 43.2 Å². The molecule has 4 N–H and O–H groups in total. The summed E-state index contributed by atoms with van der Waals surface area (Å²) in [7, 11) is 1.61. The summed E-state index contributed by atoms with van der Waals surface area (Å²) in [4.78, 5) is 102. The summed E-state index contributed by atoms with van der Waals surface area (Å²) in [6.45, 7) is 4.42. The number of anilines is 1. The average molecular weight is 1050 g/mol. The maximum atomic E-state index is 14.3. The van der Waals surface area contributed by atoms with Crippen molar-refractivity contribution in [1.29, 1.82) is 0 Å². The van der Waals surface area contributed by atoms with Crippen LogP contribution in [0.5, 0.6) is 0 Å². The number of carbonyl (C=O) groups is 7. The average Bonchev–Trinajstić information content (AvgIpc) is 4.01. The van der Waals surface area contributed by atoms with Gasteiger partial charge in [-0.15, -0.1) is 0 Å². The van der Waals surface area contributed by atoms with Gasteiger partial charge in [0.05, 0.1) is 63.4 Å². The highest BCUT2D eigenvalue weighted by Crippen LogP contribution is 2.34. The van der Waals surface area contributed by atoms with E-state index >= 15 is 0 Å². The topological polar surface area (TPSA) is 252 Å². The summed E-state index contributed by atoms with van der Waals surface area (Å²) in [5.74, 6) is -3.07. The van der Waals surface area contributed by atoms with E-state index in [0.717, 1.165) is 68.8 Å². The van der Waals surface area contributed by atoms with Gasteiger partial charge in [-0.3, -0.25) is 43.6 Å². The Hall–Kier alpha value is -7.46. The Morgan fingerprint density at radius 3 is 2.20 bits per heavy atom. The molecular weight excluding hydrogens is 977 g/mol. The van der Waals surface area contributed by atoms with E-state index in [1.54, 1.807) is 35.6 Å². The summed E-state index contributed by atoms with van der Waals surface area (Å²) < 4.78 is 21.2. The number of benzene rings is 2. The number of imide groups is 1. The largest absolute Gasteiger partial charge is 0.382 e. The van der Waals surface area contributed by atoms with Gasteiger partial charge in [0, 0.05) is 94.5 Å². The number of pyridine rings is 2. The van der Waals surface area contributed by atoms with Gasteiger partial charge in [-0.05, 0) is 84.7 Å². The van der Waals surface area contributed by atoms with E-state index in [1.807, 2.05) is 60.7 Å². The summed E-state index contributed by atoms with van der Waals surface area (Å²) in [6.07, 6.45) is 12.0. The fraction of sp³-hybridized carbons (Fsp3) is 0.455. The molecule has 2 aromatic carbocycles. The normalized spacial score (nSPS) is 15.5. The second-order valence-electron chi connectivity index (χ2n) is 18.5. The Bertz CT molecular complexity index is 2650. The fourth-order valence-corrected chi connectivity index (χ4v) is 8.97. The van der Waals surface area contributed by atoms with Crippen LogP contribution in [0.15, 0.2) is 96.5 Å². The van der Waals surface area contributed by atoms with Crippen molar-refractivity contribution in [2.45, 2.75) is 82.8 Å². The lowest BCUT2D eigenvalue weighted by Crippen LogP contribution is -2.50. The zero-order valence-corrected chi connectivity index (χ0v) is 43.0. The molecule has 4 aromatic rings. The van der Waals surface area contributed by atoms with Crippen molar-refractivity contribution in [3.8, 4) is 0 Å². The molecule has 76 heavy (non-hydrogen) atoms. The van der Waals surface area contributed by atoms with E-state index in [2.05, 4.69) is 31.2 Å². The highest BCUT2D eigenvalue weighted by molar-refractivity contribution is 6.14. The monoisotopic (exact) mass is 1040 g/mol. The SMILES string of the molecule is COCCOCCOCCOCCC(=O)NCCCC[C@H](NC(=O)CN1C(=O)C=CC1=O)C(=O)NCCCCCCN1N=C(c2ccc(NC(=O)N3Cc4ccncc4C3)cc2)CC(c2cccc3ncccc23)C1=O. The number of ether oxygens (including phenoxy) is 4. The van der Waals surface area contributed by atoms with Crippen LogP contribution in [0.3, 0.4) is 0 Å². The summed E-state index contributed by atoms with van der Waals surface area (Å²) in [5, 5.41) is 18.8. The molecule has 0 spiro atoms. The summed E-state index contributed by atoms with van der Waals surface area (Å²) in [6, 6.07) is 17.9. The third kappa shape index (κ3) is 16.8. The number of urea groups is 1. The van der Waals surface area contributed by atoms with Crippen LogP contribution < -0.4 is 21.3 Å². The number of nitrogens with zero attached hydrogens (tertiary/aromatic N) is 6. The molecule has 7 rings (SSSR count). The number of nitrogens with one attached hydrogen (secondary N) is 4. The second-order valence-corrected chi connectivity index (χ2v) is 18.5. The van der Waals surface area contributed by atoms with Crippen LogP contribution in [0.2, 0.25) is 0 Å². The number of methoxy groups -OCH3 is 1. The van der Waals surface area contributed by atoms with Crippen LogP contribution in [0, 0.1) is 0 Å². The van der Waals surface area contributed by atoms with Gasteiger partial charge in [-0.25, -0.2) is 9.80 Å². The number of hydrogen-bond donors (Lipinski definition) is 4. The Kier molecular flexibility index (Phi) is 21.9. The molecular formula is C55H68N10O11. The number of hydrogen-bond acceptors (Lipinski definition) is 14. The number of unbranched alkanes of at least 4 members (excludes halogenated alkanes) is 4. The van der Waals surface area contributed by atoms with Gasteiger partial charge in [0.1, 0.15) is 12.6 Å². The first kappa shape index (κ1) is 56.3. The molecule has 2 atom stereocenters. The molecule has 0 saturated heterocycles. The molecule has 2 aromatic heterocycles. The lowest BCUT2D eigenvalue weighted by atomic mass is 9.86. The number of hydrazone groups is 1. The van der Waals surface area contributed by atoms with Crippen molar-refractivity contribution < 1.29 is 52.5 Å². The van der Waals surface area contributed by atoms with Gasteiger partial charge >= 0.3 is 6.03 Å². The Morgan fingerprint density at radius 2 is 1.43 bits per heavy atom. The molecule has 3 aliphatic rings. The molecule has 0 saturated carbocycles. The maximum absolute atomic E-state index is 14.3.